The summed E-state index contributed by atoms with van der Waals surface area (Å²) < 4.78 is 0. The van der Waals surface area contributed by atoms with E-state index in [1.165, 1.54) is 11.8 Å². The zero-order valence-corrected chi connectivity index (χ0v) is 16.1. The first-order chi connectivity index (χ1) is 12.8. The average Bonchev–Trinajstić information content (AvgIpc) is 3.18. The first-order valence-corrected chi connectivity index (χ1v) is 9.13. The van der Waals surface area contributed by atoms with Gasteiger partial charge in [0.15, 0.2) is 12.2 Å². The van der Waals surface area contributed by atoms with Crippen LogP contribution in [0.15, 0.2) is 23.2 Å². The fraction of sp³-hybridized carbons (Fsp3) is 0.444. The zero-order valence-electron chi connectivity index (χ0n) is 15.3. The van der Waals surface area contributed by atoms with Crippen molar-refractivity contribution in [1.82, 2.24) is 14.7 Å². The highest BCUT2D eigenvalue weighted by Crippen LogP contribution is 2.34. The molecule has 3 aliphatic rings. The fourth-order valence-electron chi connectivity index (χ4n) is 3.80. The first kappa shape index (κ1) is 17.8. The second-order valence-corrected chi connectivity index (χ2v) is 7.49. The predicted octanol–water partition coefficient (Wildman–Crippen LogP) is 1.32. The summed E-state index contributed by atoms with van der Waals surface area (Å²) in [6.45, 7) is 4.35. The maximum Gasteiger partial charge on any atom is 0.328 e. The van der Waals surface area contributed by atoms with Gasteiger partial charge in [-0.3, -0.25) is 14.5 Å². The Bertz CT molecular complexity index is 886. The number of aryl methyl sites for hydroxylation is 1. The predicted molar refractivity (Wildman–Crippen MR) is 101 cm³/mol. The number of aliphatic imine (C=N–C) groups is 1. The molecule has 2 unspecified atom stereocenters. The molecule has 2 fully saturated rings. The Kier molecular flexibility index (Phi) is 4.10. The molecule has 3 heterocycles. The van der Waals surface area contributed by atoms with Crippen LogP contribution in [0.1, 0.15) is 12.5 Å². The van der Waals surface area contributed by atoms with Crippen LogP contribution in [0, 0.1) is 6.92 Å². The Morgan fingerprint density at radius 3 is 2.70 bits per heavy atom. The molecule has 8 nitrogen and oxygen atoms in total. The molecule has 0 radical (unpaired) electrons. The molecule has 4 rings (SSSR count). The van der Waals surface area contributed by atoms with Gasteiger partial charge in [0.2, 0.25) is 5.96 Å². The average molecular weight is 390 g/mol. The van der Waals surface area contributed by atoms with Crippen LogP contribution in [-0.4, -0.2) is 77.3 Å². The van der Waals surface area contributed by atoms with Gasteiger partial charge in [0, 0.05) is 30.8 Å². The monoisotopic (exact) mass is 389 g/mol. The quantitative estimate of drug-likeness (QED) is 0.779. The third-order valence-corrected chi connectivity index (χ3v) is 5.63. The molecular weight excluding hydrogens is 370 g/mol. The van der Waals surface area contributed by atoms with Crippen LogP contribution in [0.5, 0.6) is 0 Å². The zero-order chi connectivity index (χ0) is 19.5. The molecule has 1 aromatic rings. The van der Waals surface area contributed by atoms with E-state index in [0.717, 1.165) is 16.2 Å². The van der Waals surface area contributed by atoms with Crippen molar-refractivity contribution in [1.29, 1.82) is 0 Å². The number of ketones is 1. The highest BCUT2D eigenvalue weighted by Gasteiger charge is 2.54. The Hall–Kier alpha value is -2.61. The second kappa shape index (κ2) is 6.23. The van der Waals surface area contributed by atoms with Gasteiger partial charge in [-0.15, -0.1) is 0 Å². The topological polar surface area (TPSA) is 76.5 Å². The molecule has 27 heavy (non-hydrogen) atoms. The number of imide groups is 1. The molecular formula is C18H20ClN5O3. The number of guanidine groups is 1. The summed E-state index contributed by atoms with van der Waals surface area (Å²) in [6.07, 6.45) is -0.591. The SMILES string of the molecule is CC(=O)CN1C(=O)C2C(N=C3N(c4ccc(C)c(Cl)c4)CCN32)N(C)C1=O. The molecule has 0 N–H and O–H groups in total. The molecule has 0 aromatic heterocycles. The van der Waals surface area contributed by atoms with Crippen molar-refractivity contribution in [2.75, 3.05) is 31.6 Å². The van der Waals surface area contributed by atoms with E-state index in [1.54, 1.807) is 7.05 Å². The lowest BCUT2D eigenvalue weighted by atomic mass is 10.1. The number of rotatable bonds is 3. The Labute approximate surface area is 162 Å². The number of fused-ring (bicyclic) bond motifs is 3. The van der Waals surface area contributed by atoms with Crippen LogP contribution in [0.3, 0.4) is 0 Å². The van der Waals surface area contributed by atoms with Crippen molar-refractivity contribution in [2.24, 2.45) is 4.99 Å². The normalized spacial score (nSPS) is 24.4. The third kappa shape index (κ3) is 2.66. The van der Waals surface area contributed by atoms with Crippen LogP contribution < -0.4 is 4.90 Å². The fourth-order valence-corrected chi connectivity index (χ4v) is 3.97. The number of hydrogen-bond acceptors (Lipinski definition) is 6. The van der Waals surface area contributed by atoms with Crippen LogP contribution in [0.25, 0.3) is 0 Å². The van der Waals surface area contributed by atoms with Crippen LogP contribution in [0.2, 0.25) is 5.02 Å². The molecule has 3 amide bonds. The minimum absolute atomic E-state index is 0.217. The molecule has 0 aliphatic carbocycles. The van der Waals surface area contributed by atoms with E-state index in [9.17, 15) is 14.4 Å². The van der Waals surface area contributed by atoms with E-state index in [2.05, 4.69) is 4.99 Å². The molecule has 0 saturated carbocycles. The number of hydrogen-bond donors (Lipinski definition) is 0. The number of anilines is 1. The van der Waals surface area contributed by atoms with Crippen LogP contribution >= 0.6 is 11.6 Å². The van der Waals surface area contributed by atoms with Gasteiger partial charge in [-0.1, -0.05) is 17.7 Å². The number of halogens is 1. The first-order valence-electron chi connectivity index (χ1n) is 8.75. The van der Waals surface area contributed by atoms with E-state index in [-0.39, 0.29) is 18.2 Å². The highest BCUT2D eigenvalue weighted by atomic mass is 35.5. The highest BCUT2D eigenvalue weighted by molar-refractivity contribution is 6.31. The van der Waals surface area contributed by atoms with Crippen LogP contribution in [0.4, 0.5) is 10.5 Å². The summed E-state index contributed by atoms with van der Waals surface area (Å²) in [5.74, 6) is 0.0449. The minimum Gasteiger partial charge on any atom is -0.325 e. The second-order valence-electron chi connectivity index (χ2n) is 7.09. The van der Waals surface area contributed by atoms with Gasteiger partial charge < -0.3 is 14.7 Å². The number of carbonyl (C=O) groups excluding carboxylic acids is 3. The van der Waals surface area contributed by atoms with Crippen molar-refractivity contribution in [3.8, 4) is 0 Å². The summed E-state index contributed by atoms with van der Waals surface area (Å²) in [7, 11) is 1.61. The number of carbonyl (C=O) groups is 3. The lowest BCUT2D eigenvalue weighted by Crippen LogP contribution is -2.65. The Morgan fingerprint density at radius 2 is 2.04 bits per heavy atom. The van der Waals surface area contributed by atoms with Gasteiger partial charge in [0.1, 0.15) is 5.78 Å². The van der Waals surface area contributed by atoms with E-state index in [0.29, 0.717) is 24.1 Å². The molecule has 1 aromatic carbocycles. The number of nitrogens with zero attached hydrogens (tertiary/aromatic N) is 5. The summed E-state index contributed by atoms with van der Waals surface area (Å²) >= 11 is 6.26. The molecule has 0 spiro atoms. The standard InChI is InChI=1S/C18H20ClN5O3/c1-10-4-5-12(8-13(10)19)22-6-7-23-14-15(20-17(22)23)21(3)18(27)24(16(14)26)9-11(2)25/h4-5,8,14-15H,6-7,9H2,1-3H3. The Balaban J connectivity index is 1.67. The van der Waals surface area contributed by atoms with E-state index in [1.807, 2.05) is 34.9 Å². The summed E-state index contributed by atoms with van der Waals surface area (Å²) in [4.78, 5) is 48.0. The molecule has 3 aliphatic heterocycles. The van der Waals surface area contributed by atoms with Gasteiger partial charge >= 0.3 is 6.03 Å². The molecule has 9 heteroatoms. The third-order valence-electron chi connectivity index (χ3n) is 5.23. The summed E-state index contributed by atoms with van der Waals surface area (Å²) in [6, 6.07) is 4.69. The smallest absolute Gasteiger partial charge is 0.325 e. The van der Waals surface area contributed by atoms with Crippen molar-refractivity contribution < 1.29 is 14.4 Å². The molecule has 2 atom stereocenters. The Morgan fingerprint density at radius 1 is 1.30 bits per heavy atom. The van der Waals surface area contributed by atoms with E-state index < -0.39 is 18.2 Å². The van der Waals surface area contributed by atoms with Gasteiger partial charge in [-0.25, -0.2) is 9.79 Å². The number of amides is 3. The van der Waals surface area contributed by atoms with Crippen molar-refractivity contribution in [3.63, 3.8) is 0 Å². The number of Topliss-reactive ketones (excluding diaryl/α,β-unsaturated/α-hetero) is 1. The molecule has 2 saturated heterocycles. The number of likely N-dealkylation sites (N-methyl/N-ethyl adjacent to an activating group) is 1. The lowest BCUT2D eigenvalue weighted by molar-refractivity contribution is -0.139. The summed E-state index contributed by atoms with van der Waals surface area (Å²) in [5.41, 5.74) is 1.88. The van der Waals surface area contributed by atoms with Gasteiger partial charge in [0.25, 0.3) is 5.91 Å². The van der Waals surface area contributed by atoms with Crippen molar-refractivity contribution >= 4 is 41.0 Å². The maximum atomic E-state index is 13.0. The van der Waals surface area contributed by atoms with E-state index in [4.69, 9.17) is 11.6 Å². The maximum absolute atomic E-state index is 13.0. The van der Waals surface area contributed by atoms with Gasteiger partial charge in [-0.2, -0.15) is 0 Å². The van der Waals surface area contributed by atoms with E-state index >= 15 is 0 Å². The summed E-state index contributed by atoms with van der Waals surface area (Å²) in [5, 5.41) is 0.665. The van der Waals surface area contributed by atoms with Gasteiger partial charge in [0.05, 0.1) is 6.54 Å². The largest absolute Gasteiger partial charge is 0.328 e. The van der Waals surface area contributed by atoms with Crippen molar-refractivity contribution in [2.45, 2.75) is 26.1 Å². The number of urea groups is 1. The van der Waals surface area contributed by atoms with Crippen LogP contribution in [-0.2, 0) is 9.59 Å². The van der Waals surface area contributed by atoms with Crippen molar-refractivity contribution in [3.05, 3.63) is 28.8 Å². The number of benzene rings is 1. The lowest BCUT2D eigenvalue weighted by Gasteiger charge is -2.40. The van der Waals surface area contributed by atoms with Gasteiger partial charge in [-0.05, 0) is 31.5 Å². The minimum atomic E-state index is -0.604. The molecule has 0 bridgehead atoms. The molecule has 142 valence electrons.